The van der Waals surface area contributed by atoms with Crippen molar-refractivity contribution in [1.82, 2.24) is 4.98 Å². The molecule has 0 spiro atoms. The van der Waals surface area contributed by atoms with Crippen molar-refractivity contribution in [1.29, 1.82) is 0 Å². The van der Waals surface area contributed by atoms with Gasteiger partial charge in [-0.1, -0.05) is 12.6 Å². The van der Waals surface area contributed by atoms with Gasteiger partial charge in [0, 0.05) is 12.1 Å². The first-order valence-corrected chi connectivity index (χ1v) is 3.01. The lowest BCUT2D eigenvalue weighted by Gasteiger charge is -1.84. The molecule has 0 amide bonds. The molecule has 44 valence electrons. The van der Waals surface area contributed by atoms with Crippen LogP contribution in [0.4, 0.5) is 0 Å². The van der Waals surface area contributed by atoms with Crippen molar-refractivity contribution in [3.05, 3.63) is 35.7 Å². The fourth-order valence-electron chi connectivity index (χ4n) is 0.895. The Morgan fingerprint density at radius 1 is 1.56 bits per heavy atom. The minimum atomic E-state index is 0.992. The Morgan fingerprint density at radius 2 is 2.44 bits per heavy atom. The predicted octanol–water partition coefficient (Wildman–Crippen LogP) is 1.63. The molecule has 0 aromatic carbocycles. The fourth-order valence-corrected chi connectivity index (χ4v) is 0.895. The van der Waals surface area contributed by atoms with E-state index in [9.17, 15) is 0 Å². The average molecular weight is 117 g/mol. The second kappa shape index (κ2) is 1.44. The zero-order valence-electron chi connectivity index (χ0n) is 5.09. The van der Waals surface area contributed by atoms with Gasteiger partial charge >= 0.3 is 0 Å². The highest BCUT2D eigenvalue weighted by Gasteiger charge is 2.16. The van der Waals surface area contributed by atoms with E-state index in [0.717, 1.165) is 12.1 Å². The summed E-state index contributed by atoms with van der Waals surface area (Å²) in [6, 6.07) is 4.11. The first-order chi connectivity index (χ1) is 4.40. The molecule has 1 heterocycles. The SMILES string of the molecule is C=Cc1ccc2c(n1)C2. The highest BCUT2D eigenvalue weighted by atomic mass is 14.7. The van der Waals surface area contributed by atoms with Gasteiger partial charge in [0.25, 0.3) is 0 Å². The number of nitrogens with zero attached hydrogens (tertiary/aromatic N) is 1. The zero-order chi connectivity index (χ0) is 6.27. The molecule has 0 unspecified atom stereocenters. The van der Waals surface area contributed by atoms with E-state index in [1.54, 1.807) is 6.08 Å². The normalized spacial score (nSPS) is 12.4. The molecular formula is C8H7N. The maximum absolute atomic E-state index is 4.27. The molecule has 1 aromatic rings. The van der Waals surface area contributed by atoms with Gasteiger partial charge in [0.05, 0.1) is 5.69 Å². The maximum Gasteiger partial charge on any atom is 0.0627 e. The number of rotatable bonds is 1. The summed E-state index contributed by atoms with van der Waals surface area (Å²) in [6.45, 7) is 3.63. The molecule has 1 aliphatic carbocycles. The summed E-state index contributed by atoms with van der Waals surface area (Å²) in [5.74, 6) is 0. The third-order valence-electron chi connectivity index (χ3n) is 1.53. The van der Waals surface area contributed by atoms with Gasteiger partial charge in [-0.3, -0.25) is 4.98 Å². The summed E-state index contributed by atoms with van der Waals surface area (Å²) in [4.78, 5) is 4.27. The van der Waals surface area contributed by atoms with Crippen LogP contribution in [0.5, 0.6) is 0 Å². The number of pyridine rings is 1. The van der Waals surface area contributed by atoms with E-state index in [2.05, 4.69) is 17.6 Å². The molecule has 1 aliphatic rings. The summed E-state index contributed by atoms with van der Waals surface area (Å²) < 4.78 is 0. The highest BCUT2D eigenvalue weighted by Crippen LogP contribution is 2.24. The molecule has 0 radical (unpaired) electrons. The quantitative estimate of drug-likeness (QED) is 0.553. The molecule has 9 heavy (non-hydrogen) atoms. The third-order valence-corrected chi connectivity index (χ3v) is 1.53. The molecule has 0 saturated carbocycles. The second-order valence-corrected chi connectivity index (χ2v) is 2.22. The number of aromatic nitrogens is 1. The van der Waals surface area contributed by atoms with Crippen molar-refractivity contribution < 1.29 is 0 Å². The summed E-state index contributed by atoms with van der Waals surface area (Å²) in [7, 11) is 0. The maximum atomic E-state index is 4.27. The van der Waals surface area contributed by atoms with E-state index in [0.29, 0.717) is 0 Å². The van der Waals surface area contributed by atoms with Gasteiger partial charge in [-0.15, -0.1) is 0 Å². The van der Waals surface area contributed by atoms with Crippen LogP contribution in [0.1, 0.15) is 17.0 Å². The molecule has 0 N–H and O–H groups in total. The predicted molar refractivity (Wildman–Crippen MR) is 37.1 cm³/mol. The molecular weight excluding hydrogens is 110 g/mol. The highest BCUT2D eigenvalue weighted by molar-refractivity contribution is 5.48. The van der Waals surface area contributed by atoms with Crippen LogP contribution < -0.4 is 0 Å². The van der Waals surface area contributed by atoms with E-state index < -0.39 is 0 Å². The van der Waals surface area contributed by atoms with Crippen molar-refractivity contribution in [2.24, 2.45) is 0 Å². The molecule has 0 aliphatic heterocycles. The van der Waals surface area contributed by atoms with Crippen molar-refractivity contribution in [2.75, 3.05) is 0 Å². The molecule has 0 fully saturated rings. The van der Waals surface area contributed by atoms with Crippen molar-refractivity contribution in [3.8, 4) is 0 Å². The summed E-state index contributed by atoms with van der Waals surface area (Å²) in [5, 5.41) is 0. The van der Waals surface area contributed by atoms with Crippen molar-refractivity contribution in [2.45, 2.75) is 6.42 Å². The molecule has 1 nitrogen and oxygen atoms in total. The van der Waals surface area contributed by atoms with Crippen molar-refractivity contribution >= 4 is 6.08 Å². The lowest BCUT2D eigenvalue weighted by atomic mass is 10.3. The Kier molecular flexibility index (Phi) is 0.758. The van der Waals surface area contributed by atoms with Gasteiger partial charge < -0.3 is 0 Å². The lowest BCUT2D eigenvalue weighted by Crippen LogP contribution is -1.74. The number of fused-ring (bicyclic) bond motifs is 1. The van der Waals surface area contributed by atoms with E-state index in [-0.39, 0.29) is 0 Å². The molecule has 1 aromatic heterocycles. The van der Waals surface area contributed by atoms with Crippen LogP contribution in [-0.2, 0) is 6.42 Å². The van der Waals surface area contributed by atoms with Gasteiger partial charge in [0.2, 0.25) is 0 Å². The Balaban J connectivity index is 2.55. The van der Waals surface area contributed by atoms with Crippen LogP contribution in [0.25, 0.3) is 6.08 Å². The smallest absolute Gasteiger partial charge is 0.0627 e. The molecule has 1 heteroatoms. The van der Waals surface area contributed by atoms with Gasteiger partial charge in [0.1, 0.15) is 0 Å². The van der Waals surface area contributed by atoms with E-state index >= 15 is 0 Å². The van der Waals surface area contributed by atoms with Crippen molar-refractivity contribution in [3.63, 3.8) is 0 Å². The largest absolute Gasteiger partial charge is 0.253 e. The Morgan fingerprint density at radius 3 is 3.11 bits per heavy atom. The van der Waals surface area contributed by atoms with Crippen LogP contribution in [-0.4, -0.2) is 4.98 Å². The molecule has 0 saturated heterocycles. The van der Waals surface area contributed by atoms with Gasteiger partial charge in [-0.25, -0.2) is 0 Å². The summed E-state index contributed by atoms with van der Waals surface area (Å²) in [6.07, 6.45) is 2.87. The molecule has 0 bridgehead atoms. The fraction of sp³-hybridized carbons (Fsp3) is 0.125. The minimum absolute atomic E-state index is 0.992. The van der Waals surface area contributed by atoms with Crippen LogP contribution in [0, 0.1) is 0 Å². The second-order valence-electron chi connectivity index (χ2n) is 2.22. The third kappa shape index (κ3) is 0.653. The number of hydrogen-bond acceptors (Lipinski definition) is 1. The summed E-state index contributed by atoms with van der Waals surface area (Å²) >= 11 is 0. The molecule has 2 rings (SSSR count). The first kappa shape index (κ1) is 4.74. The summed E-state index contributed by atoms with van der Waals surface area (Å²) in [5.41, 5.74) is 3.62. The van der Waals surface area contributed by atoms with Gasteiger partial charge in [0.15, 0.2) is 0 Å². The van der Waals surface area contributed by atoms with Gasteiger partial charge in [-0.05, 0) is 17.7 Å². The standard InChI is InChI=1S/C8H7N/c1-2-7-4-3-6-5-8(6)9-7/h2-4H,1,5H2. The molecule has 0 atom stereocenters. The van der Waals surface area contributed by atoms with Gasteiger partial charge in [-0.2, -0.15) is 0 Å². The Hall–Kier alpha value is -1.11. The van der Waals surface area contributed by atoms with Crippen LogP contribution in [0.3, 0.4) is 0 Å². The topological polar surface area (TPSA) is 12.9 Å². The van der Waals surface area contributed by atoms with Crippen LogP contribution >= 0.6 is 0 Å². The van der Waals surface area contributed by atoms with E-state index in [4.69, 9.17) is 0 Å². The Labute approximate surface area is 54.1 Å². The lowest BCUT2D eigenvalue weighted by molar-refractivity contribution is 1.28. The van der Waals surface area contributed by atoms with E-state index in [1.807, 2.05) is 6.07 Å². The number of hydrogen-bond donors (Lipinski definition) is 0. The zero-order valence-corrected chi connectivity index (χ0v) is 5.09. The van der Waals surface area contributed by atoms with Crippen LogP contribution in [0.15, 0.2) is 18.7 Å². The average Bonchev–Trinajstić information content (AvgIpc) is 2.64. The van der Waals surface area contributed by atoms with E-state index in [1.165, 1.54) is 11.3 Å². The monoisotopic (exact) mass is 117 g/mol. The van der Waals surface area contributed by atoms with Crippen LogP contribution in [0.2, 0.25) is 0 Å². The first-order valence-electron chi connectivity index (χ1n) is 3.01. The Bertz CT molecular complexity index is 263. The minimum Gasteiger partial charge on any atom is -0.253 e.